The quantitative estimate of drug-likeness (QED) is 0.505. The summed E-state index contributed by atoms with van der Waals surface area (Å²) in [4.78, 5) is 0. The van der Waals surface area contributed by atoms with Gasteiger partial charge in [0.1, 0.15) is 47.6 Å². The van der Waals surface area contributed by atoms with Crippen LogP contribution in [0.25, 0.3) is 0 Å². The number of rotatable bonds is 2. The molecule has 1 aromatic carbocycles. The number of aliphatic hydroxyl groups excluding tert-OH is 4. The van der Waals surface area contributed by atoms with Crippen LogP contribution in [0.3, 0.4) is 0 Å². The van der Waals surface area contributed by atoms with Gasteiger partial charge in [0, 0.05) is 11.5 Å². The highest BCUT2D eigenvalue weighted by Crippen LogP contribution is 2.48. The van der Waals surface area contributed by atoms with E-state index >= 15 is 0 Å². The first-order valence-electron chi connectivity index (χ1n) is 9.35. The lowest BCUT2D eigenvalue weighted by Gasteiger charge is -2.52. The lowest BCUT2D eigenvalue weighted by atomic mass is 9.73. The van der Waals surface area contributed by atoms with Crippen LogP contribution < -0.4 is 4.74 Å². The molecule has 1 fully saturated rings. The van der Waals surface area contributed by atoms with Gasteiger partial charge in [0.2, 0.25) is 0 Å². The van der Waals surface area contributed by atoms with Crippen LogP contribution in [0, 0.1) is 26.7 Å². The third-order valence-electron chi connectivity index (χ3n) is 6.61. The molecule has 1 aromatic rings. The summed E-state index contributed by atoms with van der Waals surface area (Å²) in [6, 6.07) is 0. The van der Waals surface area contributed by atoms with E-state index in [1.165, 1.54) is 0 Å². The molecule has 0 aliphatic carbocycles. The van der Waals surface area contributed by atoms with Gasteiger partial charge in [0.15, 0.2) is 0 Å². The number of aliphatic hydroxyl groups is 4. The first kappa shape index (κ1) is 20.4. The Hall–Kier alpha value is -1.38. The van der Waals surface area contributed by atoms with Crippen molar-refractivity contribution < 1.29 is 35.0 Å². The minimum absolute atomic E-state index is 0.119. The zero-order chi connectivity index (χ0) is 20.3. The molecule has 7 nitrogen and oxygen atoms in total. The Balaban J connectivity index is 2.05. The van der Waals surface area contributed by atoms with Gasteiger partial charge in [-0.2, -0.15) is 0 Å². The second-order valence-corrected chi connectivity index (χ2v) is 8.17. The molecular formula is C20H30O7. The van der Waals surface area contributed by atoms with E-state index in [9.17, 15) is 25.5 Å². The third kappa shape index (κ3) is 2.93. The van der Waals surface area contributed by atoms with Crippen molar-refractivity contribution in [3.63, 3.8) is 0 Å². The van der Waals surface area contributed by atoms with Gasteiger partial charge < -0.3 is 35.0 Å². The number of hydrogen-bond donors (Lipinski definition) is 5. The number of benzene rings is 1. The van der Waals surface area contributed by atoms with Gasteiger partial charge in [0.25, 0.3) is 0 Å². The standard InChI is InChI=1S/C20H30O7/c1-8-6-12-11(4)14(22)9(2)10(3)18(12)27-20(8,5)19-17(25)16(24)15(23)13(7-21)26-19/h8,13,15-17,19,21-25H,6-7H2,1-5H3/t8?,13-,15+,16+,17-,19-,20?/m1/s1. The van der Waals surface area contributed by atoms with Crippen molar-refractivity contribution >= 4 is 0 Å². The van der Waals surface area contributed by atoms with Crippen LogP contribution in [0.15, 0.2) is 0 Å². The molecule has 0 radical (unpaired) electrons. The normalized spacial score (nSPS) is 39.0. The Morgan fingerprint density at radius 2 is 1.63 bits per heavy atom. The van der Waals surface area contributed by atoms with E-state index in [1.54, 1.807) is 0 Å². The molecule has 0 bridgehead atoms. The molecular weight excluding hydrogens is 352 g/mol. The molecule has 0 amide bonds. The minimum Gasteiger partial charge on any atom is -0.507 e. The highest BCUT2D eigenvalue weighted by atomic mass is 16.6. The molecule has 0 spiro atoms. The summed E-state index contributed by atoms with van der Waals surface area (Å²) in [6.45, 7) is 8.84. The van der Waals surface area contributed by atoms with E-state index in [1.807, 2.05) is 34.6 Å². The minimum atomic E-state index is -1.45. The summed E-state index contributed by atoms with van der Waals surface area (Å²) in [5.74, 6) is 0.797. The Bertz CT molecular complexity index is 732. The molecule has 7 heteroatoms. The molecule has 7 atom stereocenters. The Morgan fingerprint density at radius 3 is 2.22 bits per heavy atom. The fraction of sp³-hybridized carbons (Fsp3) is 0.700. The van der Waals surface area contributed by atoms with Crippen LogP contribution in [0.2, 0.25) is 0 Å². The highest BCUT2D eigenvalue weighted by molar-refractivity contribution is 5.58. The molecule has 152 valence electrons. The maximum absolute atomic E-state index is 10.6. The highest BCUT2D eigenvalue weighted by Gasteiger charge is 2.56. The fourth-order valence-electron chi connectivity index (χ4n) is 4.30. The Morgan fingerprint density at radius 1 is 1.00 bits per heavy atom. The van der Waals surface area contributed by atoms with Crippen molar-refractivity contribution in [1.29, 1.82) is 0 Å². The molecule has 2 aliphatic rings. The maximum atomic E-state index is 10.6. The Kier molecular flexibility index (Phi) is 5.20. The van der Waals surface area contributed by atoms with Crippen LogP contribution in [0.5, 0.6) is 11.5 Å². The number of phenols is 1. The third-order valence-corrected chi connectivity index (χ3v) is 6.61. The molecule has 1 saturated heterocycles. The van der Waals surface area contributed by atoms with E-state index in [0.29, 0.717) is 12.2 Å². The van der Waals surface area contributed by atoms with E-state index in [0.717, 1.165) is 22.3 Å². The SMILES string of the molecule is Cc1c(C)c2c(c(C)c1O)CC(C)C(C)([C@@H]1O[C@H](CO)[C@H](O)[C@H](O)[C@H]1O)O2. The number of aromatic hydroxyl groups is 1. The summed E-state index contributed by atoms with van der Waals surface area (Å²) in [5, 5.41) is 50.7. The molecule has 0 saturated carbocycles. The molecule has 5 N–H and O–H groups in total. The van der Waals surface area contributed by atoms with Crippen molar-refractivity contribution in [1.82, 2.24) is 0 Å². The molecule has 2 aliphatic heterocycles. The van der Waals surface area contributed by atoms with Gasteiger partial charge in [-0.05, 0) is 50.8 Å². The van der Waals surface area contributed by atoms with Crippen LogP contribution in [-0.2, 0) is 11.2 Å². The maximum Gasteiger partial charge on any atom is 0.138 e. The molecule has 2 heterocycles. The van der Waals surface area contributed by atoms with E-state index in [2.05, 4.69) is 0 Å². The van der Waals surface area contributed by atoms with Crippen LogP contribution in [-0.4, -0.2) is 68.3 Å². The van der Waals surface area contributed by atoms with Crippen LogP contribution >= 0.6 is 0 Å². The van der Waals surface area contributed by atoms with Crippen LogP contribution in [0.1, 0.15) is 36.1 Å². The van der Waals surface area contributed by atoms with Crippen molar-refractivity contribution in [2.24, 2.45) is 5.92 Å². The van der Waals surface area contributed by atoms with Crippen molar-refractivity contribution in [2.75, 3.05) is 6.61 Å². The van der Waals surface area contributed by atoms with Gasteiger partial charge in [-0.25, -0.2) is 0 Å². The van der Waals surface area contributed by atoms with Gasteiger partial charge in [-0.1, -0.05) is 6.92 Å². The summed E-state index contributed by atoms with van der Waals surface area (Å²) < 4.78 is 12.2. The molecule has 2 unspecified atom stereocenters. The zero-order valence-electron chi connectivity index (χ0n) is 16.4. The van der Waals surface area contributed by atoms with Gasteiger partial charge in [0.05, 0.1) is 6.61 Å². The lowest BCUT2D eigenvalue weighted by Crippen LogP contribution is -2.68. The number of hydrogen-bond acceptors (Lipinski definition) is 7. The second-order valence-electron chi connectivity index (χ2n) is 8.17. The van der Waals surface area contributed by atoms with Crippen LogP contribution in [0.4, 0.5) is 0 Å². The number of phenolic OH excluding ortho intramolecular Hbond substituents is 1. The first-order valence-corrected chi connectivity index (χ1v) is 9.35. The average molecular weight is 382 g/mol. The summed E-state index contributed by atoms with van der Waals surface area (Å²) in [6.07, 6.45) is -5.53. The van der Waals surface area contributed by atoms with Gasteiger partial charge >= 0.3 is 0 Å². The monoisotopic (exact) mass is 382 g/mol. The second kappa shape index (κ2) is 6.90. The molecule has 0 aromatic heterocycles. The van der Waals surface area contributed by atoms with Gasteiger partial charge in [-0.15, -0.1) is 0 Å². The van der Waals surface area contributed by atoms with Gasteiger partial charge in [-0.3, -0.25) is 0 Å². The topological polar surface area (TPSA) is 120 Å². The lowest BCUT2D eigenvalue weighted by molar-refractivity contribution is -0.271. The summed E-state index contributed by atoms with van der Waals surface area (Å²) in [7, 11) is 0. The average Bonchev–Trinajstić information content (AvgIpc) is 2.64. The first-order chi connectivity index (χ1) is 12.5. The zero-order valence-corrected chi connectivity index (χ0v) is 16.4. The number of fused-ring (bicyclic) bond motifs is 1. The fourth-order valence-corrected chi connectivity index (χ4v) is 4.30. The smallest absolute Gasteiger partial charge is 0.138 e. The molecule has 27 heavy (non-hydrogen) atoms. The van der Waals surface area contributed by atoms with Crippen molar-refractivity contribution in [3.05, 3.63) is 22.3 Å². The summed E-state index contributed by atoms with van der Waals surface area (Å²) >= 11 is 0. The predicted octanol–water partition coefficient (Wildman–Crippen LogP) is 0.490. The Labute approximate surface area is 159 Å². The van der Waals surface area contributed by atoms with E-state index in [4.69, 9.17) is 9.47 Å². The van der Waals surface area contributed by atoms with E-state index in [-0.39, 0.29) is 11.7 Å². The number of ether oxygens (including phenoxy) is 2. The predicted molar refractivity (Wildman–Crippen MR) is 98.0 cm³/mol. The van der Waals surface area contributed by atoms with E-state index < -0.39 is 42.7 Å². The largest absolute Gasteiger partial charge is 0.507 e. The van der Waals surface area contributed by atoms with Crippen molar-refractivity contribution in [2.45, 2.75) is 77.2 Å². The summed E-state index contributed by atoms with van der Waals surface area (Å²) in [5.41, 5.74) is 2.25. The van der Waals surface area contributed by atoms with Crippen molar-refractivity contribution in [3.8, 4) is 11.5 Å². The molecule has 3 rings (SSSR count).